The van der Waals surface area contributed by atoms with Crippen molar-refractivity contribution >= 4 is 5.97 Å². The average Bonchev–Trinajstić information content (AvgIpc) is 2.89. The van der Waals surface area contributed by atoms with Crippen LogP contribution in [0.1, 0.15) is 19.3 Å². The van der Waals surface area contributed by atoms with Gasteiger partial charge in [0.05, 0.1) is 13.0 Å². The van der Waals surface area contributed by atoms with Crippen molar-refractivity contribution in [1.29, 1.82) is 0 Å². The summed E-state index contributed by atoms with van der Waals surface area (Å²) in [6.07, 6.45) is 2.96. The van der Waals surface area contributed by atoms with E-state index in [2.05, 4.69) is 5.32 Å². The summed E-state index contributed by atoms with van der Waals surface area (Å²) >= 11 is 0. The minimum atomic E-state index is -0.148. The fourth-order valence-corrected chi connectivity index (χ4v) is 0.977. The zero-order valence-electron chi connectivity index (χ0n) is 8.04. The Labute approximate surface area is 78.6 Å². The van der Waals surface area contributed by atoms with Gasteiger partial charge >= 0.3 is 5.97 Å². The second kappa shape index (κ2) is 5.94. The Morgan fingerprint density at radius 3 is 2.85 bits per heavy atom. The largest absolute Gasteiger partial charge is 0.463 e. The topological polar surface area (TPSA) is 47.6 Å². The van der Waals surface area contributed by atoms with Crippen LogP contribution in [0, 0.1) is 0 Å². The van der Waals surface area contributed by atoms with Gasteiger partial charge in [0.25, 0.3) is 0 Å². The van der Waals surface area contributed by atoms with Crippen molar-refractivity contribution in [3.05, 3.63) is 0 Å². The van der Waals surface area contributed by atoms with Gasteiger partial charge in [0.15, 0.2) is 0 Å². The van der Waals surface area contributed by atoms with E-state index in [0.29, 0.717) is 25.7 Å². The van der Waals surface area contributed by atoms with Crippen molar-refractivity contribution in [3.63, 3.8) is 0 Å². The Morgan fingerprint density at radius 2 is 2.23 bits per heavy atom. The molecule has 1 N–H and O–H groups in total. The van der Waals surface area contributed by atoms with Gasteiger partial charge in [-0.1, -0.05) is 0 Å². The Balaban J connectivity index is 1.84. The molecule has 1 rings (SSSR count). The number of carbonyl (C=O) groups is 1. The summed E-state index contributed by atoms with van der Waals surface area (Å²) in [5, 5.41) is 3.25. The SMILES string of the molecule is COCCOC(=O)CCNC1CC1. The molecular formula is C9H17NO3. The van der Waals surface area contributed by atoms with Gasteiger partial charge in [0, 0.05) is 19.7 Å². The Kier molecular flexibility index (Phi) is 4.78. The third-order valence-corrected chi connectivity index (χ3v) is 1.89. The van der Waals surface area contributed by atoms with Gasteiger partial charge in [-0.05, 0) is 12.8 Å². The van der Waals surface area contributed by atoms with Gasteiger partial charge in [0.1, 0.15) is 6.61 Å². The number of nitrogens with one attached hydrogen (secondary N) is 1. The molecule has 0 unspecified atom stereocenters. The molecule has 0 saturated heterocycles. The van der Waals surface area contributed by atoms with E-state index in [-0.39, 0.29) is 5.97 Å². The molecule has 0 heterocycles. The molecular weight excluding hydrogens is 170 g/mol. The first-order valence-corrected chi connectivity index (χ1v) is 4.71. The molecule has 0 spiro atoms. The second-order valence-electron chi connectivity index (χ2n) is 3.19. The van der Waals surface area contributed by atoms with Crippen LogP contribution >= 0.6 is 0 Å². The fraction of sp³-hybridized carbons (Fsp3) is 0.889. The third kappa shape index (κ3) is 5.60. The van der Waals surface area contributed by atoms with Crippen LogP contribution in [-0.2, 0) is 14.3 Å². The summed E-state index contributed by atoms with van der Waals surface area (Å²) in [5.74, 6) is -0.148. The summed E-state index contributed by atoms with van der Waals surface area (Å²) in [7, 11) is 1.59. The van der Waals surface area contributed by atoms with Crippen LogP contribution in [0.5, 0.6) is 0 Å². The van der Waals surface area contributed by atoms with E-state index in [1.807, 2.05) is 0 Å². The second-order valence-corrected chi connectivity index (χ2v) is 3.19. The van der Waals surface area contributed by atoms with Crippen molar-refractivity contribution in [2.24, 2.45) is 0 Å². The molecule has 0 amide bonds. The van der Waals surface area contributed by atoms with Crippen molar-refractivity contribution in [2.75, 3.05) is 26.9 Å². The minimum absolute atomic E-state index is 0.148. The number of methoxy groups -OCH3 is 1. The molecule has 0 atom stereocenters. The first-order chi connectivity index (χ1) is 6.33. The lowest BCUT2D eigenvalue weighted by molar-refractivity contribution is -0.144. The number of hydrogen-bond donors (Lipinski definition) is 1. The highest BCUT2D eigenvalue weighted by Crippen LogP contribution is 2.18. The van der Waals surface area contributed by atoms with Gasteiger partial charge in [-0.25, -0.2) is 0 Å². The molecule has 0 aromatic heterocycles. The van der Waals surface area contributed by atoms with Crippen LogP contribution in [0.3, 0.4) is 0 Å². The number of carbonyl (C=O) groups excluding carboxylic acids is 1. The zero-order chi connectivity index (χ0) is 9.52. The Hall–Kier alpha value is -0.610. The summed E-state index contributed by atoms with van der Waals surface area (Å²) in [4.78, 5) is 11.0. The van der Waals surface area contributed by atoms with Crippen LogP contribution in [0.25, 0.3) is 0 Å². The molecule has 0 bridgehead atoms. The standard InChI is InChI=1S/C9H17NO3/c1-12-6-7-13-9(11)4-5-10-8-2-3-8/h8,10H,2-7H2,1H3. The van der Waals surface area contributed by atoms with Crippen LogP contribution in [-0.4, -0.2) is 38.9 Å². The lowest BCUT2D eigenvalue weighted by atomic mass is 10.4. The smallest absolute Gasteiger partial charge is 0.307 e. The number of rotatable bonds is 7. The Bertz CT molecular complexity index is 157. The van der Waals surface area contributed by atoms with Crippen molar-refractivity contribution in [1.82, 2.24) is 5.32 Å². The van der Waals surface area contributed by atoms with E-state index < -0.39 is 0 Å². The number of ether oxygens (including phenoxy) is 2. The van der Waals surface area contributed by atoms with Gasteiger partial charge in [-0.3, -0.25) is 4.79 Å². The van der Waals surface area contributed by atoms with E-state index in [4.69, 9.17) is 9.47 Å². The highest BCUT2D eigenvalue weighted by atomic mass is 16.6. The normalized spacial score (nSPS) is 15.8. The molecule has 1 aliphatic rings. The van der Waals surface area contributed by atoms with E-state index in [1.165, 1.54) is 12.8 Å². The molecule has 4 heteroatoms. The molecule has 76 valence electrons. The maximum atomic E-state index is 11.0. The van der Waals surface area contributed by atoms with Crippen LogP contribution < -0.4 is 5.32 Å². The van der Waals surface area contributed by atoms with Gasteiger partial charge < -0.3 is 14.8 Å². The average molecular weight is 187 g/mol. The molecule has 0 aromatic carbocycles. The monoisotopic (exact) mass is 187 g/mol. The fourth-order valence-electron chi connectivity index (χ4n) is 0.977. The molecule has 1 saturated carbocycles. The van der Waals surface area contributed by atoms with E-state index in [0.717, 1.165) is 6.54 Å². The number of hydrogen-bond acceptors (Lipinski definition) is 4. The highest BCUT2D eigenvalue weighted by molar-refractivity contribution is 5.69. The Morgan fingerprint density at radius 1 is 1.46 bits per heavy atom. The summed E-state index contributed by atoms with van der Waals surface area (Å²) in [6, 6.07) is 0.659. The molecule has 13 heavy (non-hydrogen) atoms. The molecule has 4 nitrogen and oxygen atoms in total. The predicted molar refractivity (Wildman–Crippen MR) is 48.5 cm³/mol. The van der Waals surface area contributed by atoms with Crippen LogP contribution in [0.4, 0.5) is 0 Å². The van der Waals surface area contributed by atoms with E-state index in [9.17, 15) is 4.79 Å². The summed E-state index contributed by atoms with van der Waals surface area (Å²) in [6.45, 7) is 1.57. The molecule has 0 radical (unpaired) electrons. The van der Waals surface area contributed by atoms with Gasteiger partial charge in [-0.15, -0.1) is 0 Å². The lowest BCUT2D eigenvalue weighted by Gasteiger charge is -2.04. The van der Waals surface area contributed by atoms with Crippen LogP contribution in [0.2, 0.25) is 0 Å². The predicted octanol–water partition coefficient (Wildman–Crippen LogP) is 0.318. The summed E-state index contributed by atoms with van der Waals surface area (Å²) in [5.41, 5.74) is 0. The van der Waals surface area contributed by atoms with Crippen molar-refractivity contribution < 1.29 is 14.3 Å². The third-order valence-electron chi connectivity index (χ3n) is 1.89. The maximum absolute atomic E-state index is 11.0. The zero-order valence-corrected chi connectivity index (χ0v) is 8.04. The molecule has 1 fully saturated rings. The van der Waals surface area contributed by atoms with Gasteiger partial charge in [-0.2, -0.15) is 0 Å². The van der Waals surface area contributed by atoms with E-state index in [1.54, 1.807) is 7.11 Å². The summed E-state index contributed by atoms with van der Waals surface area (Å²) < 4.78 is 9.63. The molecule has 0 aromatic rings. The van der Waals surface area contributed by atoms with Crippen molar-refractivity contribution in [2.45, 2.75) is 25.3 Å². The first kappa shape index (κ1) is 10.5. The van der Waals surface area contributed by atoms with Crippen molar-refractivity contribution in [3.8, 4) is 0 Å². The van der Waals surface area contributed by atoms with Gasteiger partial charge in [0.2, 0.25) is 0 Å². The van der Waals surface area contributed by atoms with Crippen LogP contribution in [0.15, 0.2) is 0 Å². The quantitative estimate of drug-likeness (QED) is 0.460. The maximum Gasteiger partial charge on any atom is 0.307 e. The highest BCUT2D eigenvalue weighted by Gasteiger charge is 2.20. The molecule has 0 aliphatic heterocycles. The minimum Gasteiger partial charge on any atom is -0.463 e. The number of esters is 1. The van der Waals surface area contributed by atoms with E-state index >= 15 is 0 Å². The molecule has 1 aliphatic carbocycles. The lowest BCUT2D eigenvalue weighted by Crippen LogP contribution is -2.21. The first-order valence-electron chi connectivity index (χ1n) is 4.71.